The average Bonchev–Trinajstić information content (AvgIpc) is 2.64. The summed E-state index contributed by atoms with van der Waals surface area (Å²) in [6.07, 6.45) is 0. The van der Waals surface area contributed by atoms with Gasteiger partial charge in [-0.1, -0.05) is 0 Å². The van der Waals surface area contributed by atoms with E-state index in [0.29, 0.717) is 43.4 Å². The number of hydrogen-bond acceptors (Lipinski definition) is 4. The van der Waals surface area contributed by atoms with E-state index < -0.39 is 0 Å². The van der Waals surface area contributed by atoms with Crippen LogP contribution in [0, 0.1) is 6.92 Å². The molecule has 0 saturated carbocycles. The van der Waals surface area contributed by atoms with Gasteiger partial charge in [-0.3, -0.25) is 9.48 Å². The molecule has 2 N–H and O–H groups in total. The number of aromatic nitrogens is 2. The number of amides is 1. The molecule has 1 rings (SSSR count). The van der Waals surface area contributed by atoms with Gasteiger partial charge in [-0.25, -0.2) is 0 Å². The molecule has 1 aromatic heterocycles. The molecule has 1 amide bonds. The van der Waals surface area contributed by atoms with Gasteiger partial charge in [-0.05, 0) is 20.8 Å². The number of nitrogens with two attached hydrogens (primary N) is 1. The van der Waals surface area contributed by atoms with E-state index in [1.807, 2.05) is 13.8 Å². The predicted molar refractivity (Wildman–Crippen MR) is 70.5 cm³/mol. The molecule has 6 nitrogen and oxygen atoms in total. The number of nitrogen functional groups attached to an aromatic ring is 1. The maximum absolute atomic E-state index is 12.3. The zero-order valence-electron chi connectivity index (χ0n) is 11.6. The third-order valence-corrected chi connectivity index (χ3v) is 2.80. The fraction of sp³-hybridized carbons (Fsp3) is 0.667. The summed E-state index contributed by atoms with van der Waals surface area (Å²) in [6, 6.07) is 0. The number of rotatable bonds is 6. The molecule has 0 saturated heterocycles. The summed E-state index contributed by atoms with van der Waals surface area (Å²) in [5.74, 6) is -0.116. The van der Waals surface area contributed by atoms with Crippen LogP contribution in [0.4, 0.5) is 5.69 Å². The molecule has 0 bridgehead atoms. The third-order valence-electron chi connectivity index (χ3n) is 2.80. The second kappa shape index (κ2) is 6.39. The predicted octanol–water partition coefficient (Wildman–Crippen LogP) is 0.902. The van der Waals surface area contributed by atoms with Crippen LogP contribution in [0.2, 0.25) is 0 Å². The van der Waals surface area contributed by atoms with Crippen LogP contribution >= 0.6 is 0 Å². The second-order valence-corrected chi connectivity index (χ2v) is 4.09. The number of nitrogens with zero attached hydrogens (tertiary/aromatic N) is 3. The van der Waals surface area contributed by atoms with E-state index in [0.717, 1.165) is 0 Å². The van der Waals surface area contributed by atoms with Crippen molar-refractivity contribution in [3.63, 3.8) is 0 Å². The quantitative estimate of drug-likeness (QED) is 0.766. The topological polar surface area (TPSA) is 73.4 Å². The molecular weight excluding hydrogens is 232 g/mol. The van der Waals surface area contributed by atoms with E-state index in [4.69, 9.17) is 10.5 Å². The SMILES string of the molecule is CCOCCN(C)C(=O)c1c(N)c(C)nn1CC. The highest BCUT2D eigenvalue weighted by Gasteiger charge is 2.21. The van der Waals surface area contributed by atoms with Gasteiger partial charge in [-0.15, -0.1) is 0 Å². The Morgan fingerprint density at radius 1 is 1.50 bits per heavy atom. The number of carbonyl (C=O) groups is 1. The highest BCUT2D eigenvalue weighted by Crippen LogP contribution is 2.17. The Morgan fingerprint density at radius 3 is 2.72 bits per heavy atom. The number of carbonyl (C=O) groups excluding carboxylic acids is 1. The Balaban J connectivity index is 2.82. The van der Waals surface area contributed by atoms with Crippen molar-refractivity contribution in [1.29, 1.82) is 0 Å². The van der Waals surface area contributed by atoms with Crippen molar-refractivity contribution in [2.45, 2.75) is 27.3 Å². The molecule has 0 aromatic carbocycles. The Morgan fingerprint density at radius 2 is 2.17 bits per heavy atom. The van der Waals surface area contributed by atoms with Crippen molar-refractivity contribution in [2.75, 3.05) is 32.5 Å². The maximum Gasteiger partial charge on any atom is 0.274 e. The van der Waals surface area contributed by atoms with Gasteiger partial charge in [0.2, 0.25) is 0 Å². The second-order valence-electron chi connectivity index (χ2n) is 4.09. The minimum absolute atomic E-state index is 0.116. The zero-order chi connectivity index (χ0) is 13.7. The normalized spacial score (nSPS) is 10.7. The van der Waals surface area contributed by atoms with Crippen LogP contribution in [-0.2, 0) is 11.3 Å². The van der Waals surface area contributed by atoms with Crippen LogP contribution in [0.15, 0.2) is 0 Å². The number of aryl methyl sites for hydroxylation is 2. The van der Waals surface area contributed by atoms with Gasteiger partial charge in [0.1, 0.15) is 5.69 Å². The van der Waals surface area contributed by atoms with E-state index in [1.165, 1.54) is 0 Å². The largest absolute Gasteiger partial charge is 0.395 e. The van der Waals surface area contributed by atoms with Gasteiger partial charge < -0.3 is 15.4 Å². The van der Waals surface area contributed by atoms with Crippen LogP contribution in [-0.4, -0.2) is 47.4 Å². The van der Waals surface area contributed by atoms with Gasteiger partial charge in [0, 0.05) is 26.7 Å². The van der Waals surface area contributed by atoms with Gasteiger partial charge in [0.05, 0.1) is 18.0 Å². The Labute approximate surface area is 108 Å². The first kappa shape index (κ1) is 14.5. The lowest BCUT2D eigenvalue weighted by Crippen LogP contribution is -2.32. The van der Waals surface area contributed by atoms with Gasteiger partial charge in [-0.2, -0.15) is 5.10 Å². The number of likely N-dealkylation sites (N-methyl/N-ethyl adjacent to an activating group) is 1. The van der Waals surface area contributed by atoms with Crippen molar-refractivity contribution in [3.8, 4) is 0 Å². The van der Waals surface area contributed by atoms with Gasteiger partial charge >= 0.3 is 0 Å². The fourth-order valence-electron chi connectivity index (χ4n) is 1.68. The van der Waals surface area contributed by atoms with Crippen molar-refractivity contribution in [1.82, 2.24) is 14.7 Å². The first-order valence-electron chi connectivity index (χ1n) is 6.18. The zero-order valence-corrected chi connectivity index (χ0v) is 11.6. The minimum atomic E-state index is -0.116. The van der Waals surface area contributed by atoms with Crippen molar-refractivity contribution < 1.29 is 9.53 Å². The molecule has 0 fully saturated rings. The maximum atomic E-state index is 12.3. The van der Waals surface area contributed by atoms with Crippen LogP contribution in [0.1, 0.15) is 30.0 Å². The average molecular weight is 254 g/mol. The van der Waals surface area contributed by atoms with Crippen molar-refractivity contribution in [2.24, 2.45) is 0 Å². The fourth-order valence-corrected chi connectivity index (χ4v) is 1.68. The highest BCUT2D eigenvalue weighted by molar-refractivity contribution is 5.97. The van der Waals surface area contributed by atoms with Crippen LogP contribution in [0.25, 0.3) is 0 Å². The summed E-state index contributed by atoms with van der Waals surface area (Å²) >= 11 is 0. The van der Waals surface area contributed by atoms with Crippen LogP contribution < -0.4 is 5.73 Å². The van der Waals surface area contributed by atoms with Gasteiger partial charge in [0.25, 0.3) is 5.91 Å². The lowest BCUT2D eigenvalue weighted by Gasteiger charge is -2.17. The van der Waals surface area contributed by atoms with Crippen LogP contribution in [0.5, 0.6) is 0 Å². The van der Waals surface area contributed by atoms with Crippen LogP contribution in [0.3, 0.4) is 0 Å². The molecule has 102 valence electrons. The summed E-state index contributed by atoms with van der Waals surface area (Å²) in [5, 5.41) is 4.24. The Bertz CT molecular complexity index is 414. The standard InChI is InChI=1S/C12H22N4O2/c1-5-16-11(10(13)9(3)14-16)12(17)15(4)7-8-18-6-2/h5-8,13H2,1-4H3. The van der Waals surface area contributed by atoms with E-state index in [-0.39, 0.29) is 5.91 Å². The summed E-state index contributed by atoms with van der Waals surface area (Å²) in [6.45, 7) is 8.00. The first-order valence-corrected chi connectivity index (χ1v) is 6.18. The van der Waals surface area contributed by atoms with E-state index in [2.05, 4.69) is 5.10 Å². The monoisotopic (exact) mass is 254 g/mol. The highest BCUT2D eigenvalue weighted by atomic mass is 16.5. The molecule has 1 aromatic rings. The molecule has 6 heteroatoms. The molecule has 18 heavy (non-hydrogen) atoms. The summed E-state index contributed by atoms with van der Waals surface area (Å²) in [4.78, 5) is 13.9. The van der Waals surface area contributed by atoms with E-state index >= 15 is 0 Å². The molecule has 0 aliphatic carbocycles. The van der Waals surface area contributed by atoms with E-state index in [1.54, 1.807) is 23.6 Å². The van der Waals surface area contributed by atoms with Crippen molar-refractivity contribution >= 4 is 11.6 Å². The third kappa shape index (κ3) is 3.01. The molecule has 0 unspecified atom stereocenters. The lowest BCUT2D eigenvalue weighted by atomic mass is 10.2. The minimum Gasteiger partial charge on any atom is -0.395 e. The number of hydrogen-bond donors (Lipinski definition) is 1. The molecule has 0 aliphatic heterocycles. The number of ether oxygens (including phenoxy) is 1. The Kier molecular flexibility index (Phi) is 5.15. The summed E-state index contributed by atoms with van der Waals surface area (Å²) in [5.41, 5.74) is 7.53. The molecule has 0 atom stereocenters. The molecule has 0 radical (unpaired) electrons. The lowest BCUT2D eigenvalue weighted by molar-refractivity contribution is 0.0699. The van der Waals surface area contributed by atoms with Gasteiger partial charge in [0.15, 0.2) is 0 Å². The smallest absolute Gasteiger partial charge is 0.274 e. The number of anilines is 1. The summed E-state index contributed by atoms with van der Waals surface area (Å²) in [7, 11) is 1.74. The first-order chi connectivity index (χ1) is 8.52. The van der Waals surface area contributed by atoms with E-state index in [9.17, 15) is 4.79 Å². The molecular formula is C12H22N4O2. The van der Waals surface area contributed by atoms with Crippen molar-refractivity contribution in [3.05, 3.63) is 11.4 Å². The Hall–Kier alpha value is -1.56. The summed E-state index contributed by atoms with van der Waals surface area (Å²) < 4.78 is 6.88. The molecule has 0 aliphatic rings. The molecule has 1 heterocycles. The molecule has 0 spiro atoms.